The van der Waals surface area contributed by atoms with Crippen LogP contribution in [0.4, 0.5) is 10.1 Å². The fraction of sp³-hybridized carbons (Fsp3) is 0.188. The van der Waals surface area contributed by atoms with Crippen LogP contribution in [0.25, 0.3) is 0 Å². The topological polar surface area (TPSA) is 55.1 Å². The molecule has 0 aliphatic heterocycles. The minimum Gasteiger partial charge on any atom is -0.324 e. The molecule has 0 fully saturated rings. The summed E-state index contributed by atoms with van der Waals surface area (Å²) in [6, 6.07) is 13.4. The molecule has 0 spiro atoms. The normalized spacial score (nSPS) is 11.9. The van der Waals surface area contributed by atoms with Crippen LogP contribution in [0.5, 0.6) is 0 Å². The van der Waals surface area contributed by atoms with Gasteiger partial charge in [-0.15, -0.1) is 0 Å². The Morgan fingerprint density at radius 2 is 1.90 bits per heavy atom. The molecule has 0 radical (unpaired) electrons. The lowest BCUT2D eigenvalue weighted by Crippen LogP contribution is -2.37. The first-order valence-electron chi connectivity index (χ1n) is 6.43. The molecule has 0 aromatic heterocycles. The zero-order chi connectivity index (χ0) is 14.5. The molecule has 0 bridgehead atoms. The number of hydrogen-bond acceptors (Lipinski definition) is 2. The molecule has 3 nitrogen and oxygen atoms in total. The van der Waals surface area contributed by atoms with Gasteiger partial charge in [0.25, 0.3) is 0 Å². The summed E-state index contributed by atoms with van der Waals surface area (Å²) in [7, 11) is 0. The zero-order valence-corrected chi connectivity index (χ0v) is 11.3. The molecule has 1 amide bonds. The molecular formula is C16H17FN2O. The summed E-state index contributed by atoms with van der Waals surface area (Å²) in [4.78, 5) is 12.0. The van der Waals surface area contributed by atoms with Crippen LogP contribution < -0.4 is 11.1 Å². The fourth-order valence-electron chi connectivity index (χ4n) is 1.93. The number of carbonyl (C=O) groups excluding carboxylic acids is 1. The number of nitrogens with two attached hydrogens (primary N) is 1. The first-order chi connectivity index (χ1) is 9.58. The summed E-state index contributed by atoms with van der Waals surface area (Å²) < 4.78 is 13.4. The number of hydrogen-bond donors (Lipinski definition) is 2. The van der Waals surface area contributed by atoms with Gasteiger partial charge in [0.15, 0.2) is 0 Å². The zero-order valence-electron chi connectivity index (χ0n) is 11.3. The molecule has 3 N–H and O–H groups in total. The van der Waals surface area contributed by atoms with Crippen LogP contribution in [0.2, 0.25) is 0 Å². The number of carbonyl (C=O) groups is 1. The average Bonchev–Trinajstić information content (AvgIpc) is 2.45. The summed E-state index contributed by atoms with van der Waals surface area (Å²) >= 11 is 0. The predicted molar refractivity (Wildman–Crippen MR) is 77.9 cm³/mol. The Morgan fingerprint density at radius 1 is 1.20 bits per heavy atom. The monoisotopic (exact) mass is 272 g/mol. The van der Waals surface area contributed by atoms with Gasteiger partial charge in [0.2, 0.25) is 5.91 Å². The van der Waals surface area contributed by atoms with Gasteiger partial charge in [-0.1, -0.05) is 36.4 Å². The molecular weight excluding hydrogens is 255 g/mol. The van der Waals surface area contributed by atoms with Gasteiger partial charge in [0.05, 0.1) is 6.04 Å². The summed E-state index contributed by atoms with van der Waals surface area (Å²) in [6.07, 6.45) is 0.445. The lowest BCUT2D eigenvalue weighted by Gasteiger charge is -2.14. The third-order valence-corrected chi connectivity index (χ3v) is 3.16. The Labute approximate surface area is 117 Å². The van der Waals surface area contributed by atoms with Gasteiger partial charge < -0.3 is 11.1 Å². The summed E-state index contributed by atoms with van der Waals surface area (Å²) in [5.41, 5.74) is 7.74. The molecule has 2 aromatic rings. The van der Waals surface area contributed by atoms with E-state index in [2.05, 4.69) is 5.32 Å². The second-order valence-electron chi connectivity index (χ2n) is 4.70. The van der Waals surface area contributed by atoms with Crippen molar-refractivity contribution in [2.45, 2.75) is 19.4 Å². The van der Waals surface area contributed by atoms with Gasteiger partial charge in [-0.05, 0) is 31.0 Å². The van der Waals surface area contributed by atoms with Crippen molar-refractivity contribution in [1.29, 1.82) is 0 Å². The Balaban J connectivity index is 2.03. The summed E-state index contributed by atoms with van der Waals surface area (Å²) in [5.74, 6) is -0.665. The van der Waals surface area contributed by atoms with Gasteiger partial charge >= 0.3 is 0 Å². The third-order valence-electron chi connectivity index (χ3n) is 3.16. The molecule has 0 saturated heterocycles. The predicted octanol–water partition coefficient (Wildman–Crippen LogP) is 2.64. The van der Waals surface area contributed by atoms with Crippen LogP contribution in [0.3, 0.4) is 0 Å². The summed E-state index contributed by atoms with van der Waals surface area (Å²) in [6.45, 7) is 1.62. The van der Waals surface area contributed by atoms with Gasteiger partial charge in [0.1, 0.15) is 5.82 Å². The Morgan fingerprint density at radius 3 is 2.60 bits per heavy atom. The first kappa shape index (κ1) is 14.2. The van der Waals surface area contributed by atoms with E-state index in [-0.39, 0.29) is 11.7 Å². The van der Waals surface area contributed by atoms with Crippen molar-refractivity contribution in [3.05, 3.63) is 65.5 Å². The van der Waals surface area contributed by atoms with Crippen LogP contribution in [0.1, 0.15) is 11.1 Å². The minimum atomic E-state index is -0.667. The van der Waals surface area contributed by atoms with Crippen LogP contribution in [-0.4, -0.2) is 11.9 Å². The van der Waals surface area contributed by atoms with Gasteiger partial charge in [-0.25, -0.2) is 4.39 Å². The number of halogens is 1. The molecule has 0 unspecified atom stereocenters. The van der Waals surface area contributed by atoms with Crippen LogP contribution in [0.15, 0.2) is 48.5 Å². The molecule has 2 rings (SSSR count). The molecule has 4 heteroatoms. The lowest BCUT2D eigenvalue weighted by molar-refractivity contribution is -0.117. The van der Waals surface area contributed by atoms with Gasteiger partial charge in [-0.2, -0.15) is 0 Å². The Kier molecular flexibility index (Phi) is 4.48. The highest BCUT2D eigenvalue weighted by molar-refractivity contribution is 5.95. The maximum absolute atomic E-state index is 13.4. The Hall–Kier alpha value is -2.20. The summed E-state index contributed by atoms with van der Waals surface area (Å²) in [5, 5.41) is 2.67. The number of benzene rings is 2. The average molecular weight is 272 g/mol. The number of rotatable bonds is 4. The van der Waals surface area contributed by atoms with Crippen molar-refractivity contribution in [3.8, 4) is 0 Å². The van der Waals surface area contributed by atoms with E-state index in [0.717, 1.165) is 5.56 Å². The van der Waals surface area contributed by atoms with Crippen molar-refractivity contribution in [2.75, 3.05) is 5.32 Å². The standard InChI is InChI=1S/C16H17FN2O/c1-11-13(17)8-5-9-15(11)19-16(20)14(18)10-12-6-3-2-4-7-12/h2-9,14H,10,18H2,1H3,(H,19,20)/t14-/m0/s1. The molecule has 0 saturated carbocycles. The van der Waals surface area contributed by atoms with E-state index >= 15 is 0 Å². The van der Waals surface area contributed by atoms with Crippen LogP contribution in [0, 0.1) is 12.7 Å². The van der Waals surface area contributed by atoms with E-state index in [9.17, 15) is 9.18 Å². The number of nitrogens with one attached hydrogen (secondary N) is 1. The van der Waals surface area contributed by atoms with Crippen molar-refractivity contribution in [3.63, 3.8) is 0 Å². The highest BCUT2D eigenvalue weighted by Gasteiger charge is 2.15. The maximum Gasteiger partial charge on any atom is 0.241 e. The van der Waals surface area contributed by atoms with Gasteiger partial charge in [0, 0.05) is 11.3 Å². The minimum absolute atomic E-state index is 0.317. The van der Waals surface area contributed by atoms with E-state index in [0.29, 0.717) is 17.7 Å². The largest absolute Gasteiger partial charge is 0.324 e. The second kappa shape index (κ2) is 6.30. The second-order valence-corrected chi connectivity index (χ2v) is 4.70. The quantitative estimate of drug-likeness (QED) is 0.899. The molecule has 0 aliphatic rings. The molecule has 0 aliphatic carbocycles. The first-order valence-corrected chi connectivity index (χ1v) is 6.43. The van der Waals surface area contributed by atoms with E-state index in [4.69, 9.17) is 5.73 Å². The van der Waals surface area contributed by atoms with Crippen LogP contribution in [-0.2, 0) is 11.2 Å². The van der Waals surface area contributed by atoms with Crippen molar-refractivity contribution < 1.29 is 9.18 Å². The van der Waals surface area contributed by atoms with Crippen LogP contribution >= 0.6 is 0 Å². The highest BCUT2D eigenvalue weighted by Crippen LogP contribution is 2.17. The van der Waals surface area contributed by atoms with E-state index in [1.807, 2.05) is 30.3 Å². The highest BCUT2D eigenvalue weighted by atomic mass is 19.1. The van der Waals surface area contributed by atoms with Crippen molar-refractivity contribution in [2.24, 2.45) is 5.73 Å². The third kappa shape index (κ3) is 3.42. The molecule has 20 heavy (non-hydrogen) atoms. The molecule has 0 heterocycles. The Bertz CT molecular complexity index is 599. The molecule has 2 aromatic carbocycles. The smallest absolute Gasteiger partial charge is 0.241 e. The molecule has 1 atom stereocenters. The molecule has 104 valence electrons. The van der Waals surface area contributed by atoms with Crippen molar-refractivity contribution >= 4 is 11.6 Å². The van der Waals surface area contributed by atoms with E-state index in [1.165, 1.54) is 6.07 Å². The van der Waals surface area contributed by atoms with E-state index in [1.54, 1.807) is 19.1 Å². The van der Waals surface area contributed by atoms with Gasteiger partial charge in [-0.3, -0.25) is 4.79 Å². The number of amides is 1. The van der Waals surface area contributed by atoms with E-state index < -0.39 is 6.04 Å². The van der Waals surface area contributed by atoms with Crippen molar-refractivity contribution in [1.82, 2.24) is 0 Å². The SMILES string of the molecule is Cc1c(F)cccc1NC(=O)[C@@H](N)Cc1ccccc1. The fourth-order valence-corrected chi connectivity index (χ4v) is 1.93. The lowest BCUT2D eigenvalue weighted by atomic mass is 10.1. The maximum atomic E-state index is 13.4. The number of anilines is 1.